The Labute approximate surface area is 124 Å². The first-order valence-corrected chi connectivity index (χ1v) is 7.20. The summed E-state index contributed by atoms with van der Waals surface area (Å²) in [6, 6.07) is 9.77. The molecular formula is C15H20N4O2. The summed E-state index contributed by atoms with van der Waals surface area (Å²) in [5.74, 6) is 0. The van der Waals surface area contributed by atoms with Crippen LogP contribution in [-0.4, -0.2) is 57.1 Å². The van der Waals surface area contributed by atoms with Gasteiger partial charge in [-0.15, -0.1) is 0 Å². The first-order chi connectivity index (χ1) is 10.3. The van der Waals surface area contributed by atoms with Crippen molar-refractivity contribution in [3.63, 3.8) is 0 Å². The molecule has 2 atom stereocenters. The third-order valence-corrected chi connectivity index (χ3v) is 3.70. The molecule has 21 heavy (non-hydrogen) atoms. The van der Waals surface area contributed by atoms with Gasteiger partial charge in [0.05, 0.1) is 25.4 Å². The van der Waals surface area contributed by atoms with Crippen LogP contribution in [0, 0.1) is 0 Å². The highest BCUT2D eigenvalue weighted by Gasteiger charge is 2.23. The lowest BCUT2D eigenvalue weighted by molar-refractivity contribution is -0.0486. The van der Waals surface area contributed by atoms with E-state index < -0.39 is 6.10 Å². The summed E-state index contributed by atoms with van der Waals surface area (Å²) in [6.07, 6.45) is 2.85. The minimum Gasteiger partial charge on any atom is -0.387 e. The monoisotopic (exact) mass is 288 g/mol. The Morgan fingerprint density at radius 2 is 2.19 bits per heavy atom. The smallest absolute Gasteiger partial charge is 0.137 e. The predicted molar refractivity (Wildman–Crippen MR) is 77.6 cm³/mol. The third-order valence-electron chi connectivity index (χ3n) is 3.70. The number of hydrogen-bond donors (Lipinski definition) is 1. The van der Waals surface area contributed by atoms with Crippen molar-refractivity contribution in [2.75, 3.05) is 26.2 Å². The minimum absolute atomic E-state index is 0.0865. The quantitative estimate of drug-likeness (QED) is 0.878. The van der Waals surface area contributed by atoms with Gasteiger partial charge in [0.15, 0.2) is 0 Å². The number of aliphatic hydroxyl groups excluding tert-OH is 1. The van der Waals surface area contributed by atoms with Crippen molar-refractivity contribution < 1.29 is 9.84 Å². The number of benzene rings is 1. The molecule has 0 radical (unpaired) electrons. The van der Waals surface area contributed by atoms with Gasteiger partial charge in [0.2, 0.25) is 0 Å². The van der Waals surface area contributed by atoms with E-state index in [1.807, 2.05) is 30.3 Å². The normalized spacial score (nSPS) is 21.3. The second-order valence-electron chi connectivity index (χ2n) is 5.30. The van der Waals surface area contributed by atoms with Crippen LogP contribution in [0.5, 0.6) is 0 Å². The van der Waals surface area contributed by atoms with Crippen LogP contribution in [0.3, 0.4) is 0 Å². The van der Waals surface area contributed by atoms with Crippen LogP contribution >= 0.6 is 0 Å². The molecule has 2 aromatic rings. The zero-order chi connectivity index (χ0) is 14.5. The van der Waals surface area contributed by atoms with Crippen molar-refractivity contribution in [1.82, 2.24) is 19.7 Å². The maximum atomic E-state index is 10.3. The summed E-state index contributed by atoms with van der Waals surface area (Å²) in [4.78, 5) is 6.18. The fourth-order valence-electron chi connectivity index (χ4n) is 2.62. The average molecular weight is 288 g/mol. The van der Waals surface area contributed by atoms with Crippen molar-refractivity contribution in [3.05, 3.63) is 48.5 Å². The predicted octanol–water partition coefficient (Wildman–Crippen LogP) is 0.712. The van der Waals surface area contributed by atoms with Gasteiger partial charge >= 0.3 is 0 Å². The van der Waals surface area contributed by atoms with Crippen molar-refractivity contribution in [2.24, 2.45) is 0 Å². The zero-order valence-corrected chi connectivity index (χ0v) is 11.9. The number of β-amino-alcohol motifs (C(OH)–C–C–N with tert-alkyl or cyclic N) is 1. The Morgan fingerprint density at radius 3 is 2.95 bits per heavy atom. The van der Waals surface area contributed by atoms with Gasteiger partial charge in [0.25, 0.3) is 0 Å². The molecule has 0 amide bonds. The number of rotatable bonds is 5. The topological polar surface area (TPSA) is 63.4 Å². The van der Waals surface area contributed by atoms with E-state index in [0.717, 1.165) is 18.7 Å². The molecule has 6 heteroatoms. The van der Waals surface area contributed by atoms with E-state index in [9.17, 15) is 5.11 Å². The molecule has 2 heterocycles. The molecule has 1 aliphatic rings. The molecule has 0 unspecified atom stereocenters. The van der Waals surface area contributed by atoms with Crippen LogP contribution in [0.15, 0.2) is 43.0 Å². The summed E-state index contributed by atoms with van der Waals surface area (Å²) in [6.45, 7) is 3.64. The van der Waals surface area contributed by atoms with Crippen molar-refractivity contribution in [1.29, 1.82) is 0 Å². The summed E-state index contributed by atoms with van der Waals surface area (Å²) in [5, 5.41) is 14.4. The van der Waals surface area contributed by atoms with Crippen LogP contribution in [0.4, 0.5) is 0 Å². The lowest BCUT2D eigenvalue weighted by atomic mass is 10.1. The summed E-state index contributed by atoms with van der Waals surface area (Å²) in [5.41, 5.74) is 0.955. The third kappa shape index (κ3) is 3.87. The molecule has 1 fully saturated rings. The molecule has 0 spiro atoms. The summed E-state index contributed by atoms with van der Waals surface area (Å²) in [7, 11) is 0. The van der Waals surface area contributed by atoms with E-state index >= 15 is 0 Å². The Balaban J connectivity index is 1.54. The second kappa shape index (κ2) is 6.80. The largest absolute Gasteiger partial charge is 0.387 e. The number of aliphatic hydroxyl groups is 1. The number of aromatic nitrogens is 3. The van der Waals surface area contributed by atoms with Crippen LogP contribution in [0.25, 0.3) is 0 Å². The molecule has 0 saturated carbocycles. The zero-order valence-electron chi connectivity index (χ0n) is 11.9. The molecule has 1 N–H and O–H groups in total. The van der Waals surface area contributed by atoms with Gasteiger partial charge in [-0.3, -0.25) is 9.58 Å². The highest BCUT2D eigenvalue weighted by molar-refractivity contribution is 5.17. The first kappa shape index (κ1) is 14.2. The Hall–Kier alpha value is -1.76. The summed E-state index contributed by atoms with van der Waals surface area (Å²) >= 11 is 0. The Kier molecular flexibility index (Phi) is 4.59. The highest BCUT2D eigenvalue weighted by atomic mass is 16.5. The molecule has 1 aromatic carbocycles. The van der Waals surface area contributed by atoms with Crippen LogP contribution in [-0.2, 0) is 11.3 Å². The standard InChI is InChI=1S/C15H20N4O2/c20-15(13-4-2-1-3-5-13)10-18-6-7-21-14(8-18)9-19-12-16-11-17-19/h1-5,11-12,14-15,20H,6-10H2/t14-,15-/m0/s1. The fraction of sp³-hybridized carbons (Fsp3) is 0.467. The van der Waals surface area contributed by atoms with Crippen LogP contribution in [0.1, 0.15) is 11.7 Å². The first-order valence-electron chi connectivity index (χ1n) is 7.20. The van der Waals surface area contributed by atoms with E-state index in [1.54, 1.807) is 11.0 Å². The molecule has 0 bridgehead atoms. The van der Waals surface area contributed by atoms with Crippen molar-refractivity contribution >= 4 is 0 Å². The lowest BCUT2D eigenvalue weighted by Gasteiger charge is -2.34. The average Bonchev–Trinajstić information content (AvgIpc) is 3.01. The van der Waals surface area contributed by atoms with E-state index in [0.29, 0.717) is 19.7 Å². The number of morpholine rings is 1. The van der Waals surface area contributed by atoms with Crippen LogP contribution in [0.2, 0.25) is 0 Å². The molecule has 112 valence electrons. The van der Waals surface area contributed by atoms with Gasteiger partial charge < -0.3 is 9.84 Å². The van der Waals surface area contributed by atoms with E-state index in [2.05, 4.69) is 15.0 Å². The van der Waals surface area contributed by atoms with E-state index in [1.165, 1.54) is 6.33 Å². The van der Waals surface area contributed by atoms with E-state index in [4.69, 9.17) is 4.74 Å². The van der Waals surface area contributed by atoms with Gasteiger partial charge in [-0.05, 0) is 5.56 Å². The van der Waals surface area contributed by atoms with Crippen molar-refractivity contribution in [2.45, 2.75) is 18.8 Å². The minimum atomic E-state index is -0.462. The molecule has 0 aliphatic carbocycles. The lowest BCUT2D eigenvalue weighted by Crippen LogP contribution is -2.45. The fourth-order valence-corrected chi connectivity index (χ4v) is 2.62. The number of ether oxygens (including phenoxy) is 1. The summed E-state index contributed by atoms with van der Waals surface area (Å²) < 4.78 is 7.54. The maximum Gasteiger partial charge on any atom is 0.137 e. The van der Waals surface area contributed by atoms with Gasteiger partial charge in [-0.1, -0.05) is 30.3 Å². The molecule has 6 nitrogen and oxygen atoms in total. The van der Waals surface area contributed by atoms with Gasteiger partial charge in [-0.25, -0.2) is 4.98 Å². The molecular weight excluding hydrogens is 268 g/mol. The van der Waals surface area contributed by atoms with Gasteiger partial charge in [0, 0.05) is 19.6 Å². The Morgan fingerprint density at radius 1 is 1.33 bits per heavy atom. The molecule has 3 rings (SSSR count). The van der Waals surface area contributed by atoms with E-state index in [-0.39, 0.29) is 6.10 Å². The molecule has 1 aromatic heterocycles. The molecule has 1 saturated heterocycles. The highest BCUT2D eigenvalue weighted by Crippen LogP contribution is 2.16. The number of nitrogens with zero attached hydrogens (tertiary/aromatic N) is 4. The van der Waals surface area contributed by atoms with Gasteiger partial charge in [-0.2, -0.15) is 5.10 Å². The second-order valence-corrected chi connectivity index (χ2v) is 5.30. The van der Waals surface area contributed by atoms with Crippen LogP contribution < -0.4 is 0 Å². The Bertz CT molecular complexity index is 532. The SMILES string of the molecule is O[C@@H](CN1CCO[C@H](Cn2cncn2)C1)c1ccccc1. The van der Waals surface area contributed by atoms with Crippen molar-refractivity contribution in [3.8, 4) is 0 Å². The van der Waals surface area contributed by atoms with Gasteiger partial charge in [0.1, 0.15) is 12.7 Å². The maximum absolute atomic E-state index is 10.3. The molecule has 1 aliphatic heterocycles. The number of hydrogen-bond acceptors (Lipinski definition) is 5.